The molecule has 1 rings (SSSR count). The van der Waals surface area contributed by atoms with Crippen LogP contribution in [0, 0.1) is 13.8 Å². The van der Waals surface area contributed by atoms with Crippen molar-refractivity contribution in [2.75, 3.05) is 0 Å². The minimum absolute atomic E-state index is 0.276. The lowest BCUT2D eigenvalue weighted by Crippen LogP contribution is -1.86. The van der Waals surface area contributed by atoms with E-state index >= 15 is 0 Å². The molecule has 0 amide bonds. The fourth-order valence-corrected chi connectivity index (χ4v) is 1.71. The van der Waals surface area contributed by atoms with Gasteiger partial charge in [-0.25, -0.2) is 0 Å². The van der Waals surface area contributed by atoms with Crippen molar-refractivity contribution in [3.05, 3.63) is 21.7 Å². The van der Waals surface area contributed by atoms with E-state index in [1.54, 1.807) is 6.07 Å². The van der Waals surface area contributed by atoms with Crippen LogP contribution in [-0.2, 0) is 0 Å². The summed E-state index contributed by atoms with van der Waals surface area (Å²) in [5.74, 6) is 1.03. The Balaban J connectivity index is 3.39. The van der Waals surface area contributed by atoms with Gasteiger partial charge in [0.25, 0.3) is 0 Å². The zero-order valence-electron chi connectivity index (χ0n) is 6.89. The largest absolute Gasteiger partial charge is 0.506 e. The van der Waals surface area contributed by atoms with Gasteiger partial charge in [-0.2, -0.15) is 0 Å². The number of aryl methyl sites for hydroxylation is 1. The minimum Gasteiger partial charge on any atom is -0.506 e. The number of phenols is 1. The van der Waals surface area contributed by atoms with Crippen molar-refractivity contribution in [3.8, 4) is 11.5 Å². The van der Waals surface area contributed by atoms with Gasteiger partial charge in [-0.15, -0.1) is 0 Å². The number of halogens is 1. The molecule has 1 N–H and O–H groups in total. The van der Waals surface area contributed by atoms with E-state index in [0.717, 1.165) is 16.9 Å². The first-order valence-electron chi connectivity index (χ1n) is 3.43. The van der Waals surface area contributed by atoms with Crippen LogP contribution in [0.3, 0.4) is 0 Å². The first-order chi connectivity index (χ1) is 5.57. The number of aromatic hydroxyl groups is 1. The van der Waals surface area contributed by atoms with Gasteiger partial charge in [0.2, 0.25) is 0 Å². The van der Waals surface area contributed by atoms with Gasteiger partial charge in [-0.1, -0.05) is 0 Å². The smallest absolute Gasteiger partial charge is 0.133 e. The fraction of sp³-hybridized carbons (Fsp3) is 0.250. The molecule has 0 saturated heterocycles. The average Bonchev–Trinajstić information content (AvgIpc) is 2.08. The summed E-state index contributed by atoms with van der Waals surface area (Å²) in [7, 11) is 2.19. The highest BCUT2D eigenvalue weighted by Gasteiger charge is 2.09. The summed E-state index contributed by atoms with van der Waals surface area (Å²) in [6.45, 7) is 3.70. The highest BCUT2D eigenvalue weighted by atomic mass is 79.9. The van der Waals surface area contributed by atoms with Gasteiger partial charge in [0.15, 0.2) is 0 Å². The van der Waals surface area contributed by atoms with Gasteiger partial charge in [0.1, 0.15) is 11.5 Å². The van der Waals surface area contributed by atoms with Crippen LogP contribution < -0.4 is 4.52 Å². The average molecular weight is 249 g/mol. The zero-order chi connectivity index (χ0) is 9.30. The molecule has 1 aromatic carbocycles. The first-order valence-corrected chi connectivity index (χ1v) is 4.69. The Hall–Kier alpha value is -0.270. The first kappa shape index (κ1) is 9.82. The molecule has 0 heterocycles. The molecular formula is C8H10BrO2P. The second-order valence-electron chi connectivity index (χ2n) is 2.60. The van der Waals surface area contributed by atoms with E-state index in [1.807, 2.05) is 13.8 Å². The summed E-state index contributed by atoms with van der Waals surface area (Å²) >= 11 is 3.28. The third-order valence-electron chi connectivity index (χ3n) is 1.75. The molecule has 0 aliphatic rings. The van der Waals surface area contributed by atoms with E-state index in [0.29, 0.717) is 4.47 Å². The van der Waals surface area contributed by atoms with Crippen LogP contribution in [-0.4, -0.2) is 5.11 Å². The Morgan fingerprint density at radius 1 is 1.50 bits per heavy atom. The maximum atomic E-state index is 9.50. The Kier molecular flexibility index (Phi) is 2.97. The Labute approximate surface area is 82.4 Å². The molecule has 0 spiro atoms. The van der Waals surface area contributed by atoms with Crippen molar-refractivity contribution < 1.29 is 9.63 Å². The lowest BCUT2D eigenvalue weighted by Gasteiger charge is -2.09. The highest BCUT2D eigenvalue weighted by Crippen LogP contribution is 2.37. The van der Waals surface area contributed by atoms with Gasteiger partial charge in [-0.3, -0.25) is 0 Å². The van der Waals surface area contributed by atoms with Gasteiger partial charge >= 0.3 is 0 Å². The van der Waals surface area contributed by atoms with E-state index in [1.165, 1.54) is 0 Å². The summed E-state index contributed by atoms with van der Waals surface area (Å²) in [6, 6.07) is 1.79. The van der Waals surface area contributed by atoms with Crippen LogP contribution >= 0.6 is 25.4 Å². The van der Waals surface area contributed by atoms with Crippen molar-refractivity contribution in [1.82, 2.24) is 0 Å². The van der Waals surface area contributed by atoms with Crippen molar-refractivity contribution in [3.63, 3.8) is 0 Å². The molecule has 0 aromatic heterocycles. The van der Waals surface area contributed by atoms with E-state index in [2.05, 4.69) is 25.4 Å². The number of hydrogen-bond acceptors (Lipinski definition) is 2. The SMILES string of the molecule is Cc1cc(OP)c(C)c(Br)c1O. The third-order valence-corrected chi connectivity index (χ3v) is 2.98. The molecule has 66 valence electrons. The molecule has 0 aliphatic carbocycles. The number of rotatable bonds is 1. The molecule has 0 saturated carbocycles. The predicted molar refractivity (Wildman–Crippen MR) is 55.6 cm³/mol. The van der Waals surface area contributed by atoms with Crippen LogP contribution in [0.4, 0.5) is 0 Å². The summed E-state index contributed by atoms with van der Waals surface area (Å²) < 4.78 is 5.73. The van der Waals surface area contributed by atoms with Crippen molar-refractivity contribution >= 4 is 25.4 Å². The van der Waals surface area contributed by atoms with E-state index in [-0.39, 0.29) is 5.75 Å². The third kappa shape index (κ3) is 1.57. The summed E-state index contributed by atoms with van der Waals surface area (Å²) in [6.07, 6.45) is 0. The van der Waals surface area contributed by atoms with E-state index in [4.69, 9.17) is 4.52 Å². The van der Waals surface area contributed by atoms with E-state index in [9.17, 15) is 5.11 Å². The summed E-state index contributed by atoms with van der Waals surface area (Å²) in [5.41, 5.74) is 1.69. The molecule has 1 aromatic rings. The van der Waals surface area contributed by atoms with Crippen molar-refractivity contribution in [1.29, 1.82) is 0 Å². The van der Waals surface area contributed by atoms with Crippen molar-refractivity contribution in [2.24, 2.45) is 0 Å². The minimum atomic E-state index is 0.276. The lowest BCUT2D eigenvalue weighted by atomic mass is 10.1. The van der Waals surface area contributed by atoms with Crippen LogP contribution in [0.1, 0.15) is 11.1 Å². The molecule has 12 heavy (non-hydrogen) atoms. The molecule has 4 heteroatoms. The normalized spacial score (nSPS) is 10.0. The topological polar surface area (TPSA) is 29.5 Å². The standard InChI is InChI=1S/C8H10BrO2P/c1-4-3-6(11-12)5(2)7(9)8(4)10/h3,10H,12H2,1-2H3. The number of phenolic OH excluding ortho intramolecular Hbond substituents is 1. The summed E-state index contributed by atoms with van der Waals surface area (Å²) in [4.78, 5) is 0. The quantitative estimate of drug-likeness (QED) is 0.775. The zero-order valence-corrected chi connectivity index (χ0v) is 9.63. The van der Waals surface area contributed by atoms with Gasteiger partial charge in [-0.05, 0) is 41.4 Å². The molecular weight excluding hydrogens is 239 g/mol. The highest BCUT2D eigenvalue weighted by molar-refractivity contribution is 9.10. The predicted octanol–water partition coefficient (Wildman–Crippen LogP) is 2.94. The van der Waals surface area contributed by atoms with Gasteiger partial charge in [0.05, 0.1) is 13.9 Å². The molecule has 2 nitrogen and oxygen atoms in total. The van der Waals surface area contributed by atoms with Crippen molar-refractivity contribution in [2.45, 2.75) is 13.8 Å². The summed E-state index contributed by atoms with van der Waals surface area (Å²) in [5, 5.41) is 9.50. The Morgan fingerprint density at radius 3 is 2.58 bits per heavy atom. The molecule has 0 radical (unpaired) electrons. The van der Waals surface area contributed by atoms with Gasteiger partial charge < -0.3 is 9.63 Å². The Bertz CT molecular complexity index is 312. The van der Waals surface area contributed by atoms with Crippen LogP contribution in [0.15, 0.2) is 10.5 Å². The lowest BCUT2D eigenvalue weighted by molar-refractivity contribution is 0.465. The monoisotopic (exact) mass is 248 g/mol. The second kappa shape index (κ2) is 3.63. The van der Waals surface area contributed by atoms with Crippen LogP contribution in [0.25, 0.3) is 0 Å². The fourth-order valence-electron chi connectivity index (χ4n) is 0.955. The Morgan fingerprint density at radius 2 is 2.08 bits per heavy atom. The van der Waals surface area contributed by atoms with Crippen LogP contribution in [0.5, 0.6) is 11.5 Å². The van der Waals surface area contributed by atoms with E-state index < -0.39 is 0 Å². The molecule has 0 bridgehead atoms. The molecule has 1 atom stereocenters. The molecule has 1 unspecified atom stereocenters. The maximum absolute atomic E-state index is 9.50. The maximum Gasteiger partial charge on any atom is 0.133 e. The molecule has 0 aliphatic heterocycles. The van der Waals surface area contributed by atoms with Gasteiger partial charge in [0, 0.05) is 5.56 Å². The van der Waals surface area contributed by atoms with Crippen LogP contribution in [0.2, 0.25) is 0 Å². The molecule has 0 fully saturated rings. The number of hydrogen-bond donors (Lipinski definition) is 1. The second-order valence-corrected chi connectivity index (χ2v) is 3.63. The number of benzene rings is 1.